The van der Waals surface area contributed by atoms with Crippen molar-refractivity contribution >= 4 is 10.0 Å². The average Bonchev–Trinajstić information content (AvgIpc) is 3.03. The summed E-state index contributed by atoms with van der Waals surface area (Å²) in [5, 5.41) is 4.37. The van der Waals surface area contributed by atoms with E-state index < -0.39 is 10.0 Å². The molecular weight excluding hydrogens is 336 g/mol. The molecular formula is C18H26N4O2S. The first-order valence-electron chi connectivity index (χ1n) is 8.89. The second-order valence-electron chi connectivity index (χ2n) is 6.82. The van der Waals surface area contributed by atoms with Crippen molar-refractivity contribution in [2.75, 3.05) is 19.3 Å². The fourth-order valence-corrected chi connectivity index (χ4v) is 4.45. The third-order valence-electron chi connectivity index (χ3n) is 4.71. The van der Waals surface area contributed by atoms with Gasteiger partial charge in [-0.15, -0.1) is 0 Å². The zero-order valence-corrected chi connectivity index (χ0v) is 15.7. The normalized spacial score (nSPS) is 19.2. The highest BCUT2D eigenvalue weighted by Gasteiger charge is 2.26. The maximum atomic E-state index is 11.8. The number of piperidine rings is 1. The molecule has 2 aromatic heterocycles. The van der Waals surface area contributed by atoms with Crippen LogP contribution in [0.3, 0.4) is 0 Å². The molecule has 1 fully saturated rings. The summed E-state index contributed by atoms with van der Waals surface area (Å²) in [5.74, 6) is 0.360. The van der Waals surface area contributed by atoms with Gasteiger partial charge in [-0.2, -0.15) is 5.10 Å². The van der Waals surface area contributed by atoms with Crippen LogP contribution in [0.5, 0.6) is 0 Å². The van der Waals surface area contributed by atoms with Gasteiger partial charge < -0.3 is 0 Å². The Morgan fingerprint density at radius 3 is 2.88 bits per heavy atom. The lowest BCUT2D eigenvalue weighted by atomic mass is 9.92. The Morgan fingerprint density at radius 2 is 2.12 bits per heavy atom. The molecule has 1 saturated heterocycles. The van der Waals surface area contributed by atoms with Gasteiger partial charge in [-0.25, -0.2) is 12.7 Å². The molecule has 6 nitrogen and oxygen atoms in total. The largest absolute Gasteiger partial charge is 0.263 e. The summed E-state index contributed by atoms with van der Waals surface area (Å²) in [7, 11) is -3.10. The molecule has 0 spiro atoms. The van der Waals surface area contributed by atoms with Gasteiger partial charge in [0.2, 0.25) is 10.0 Å². The van der Waals surface area contributed by atoms with Crippen LogP contribution in [0, 0.1) is 5.92 Å². The van der Waals surface area contributed by atoms with Gasteiger partial charge >= 0.3 is 0 Å². The molecule has 0 radical (unpaired) electrons. The molecule has 1 atom stereocenters. The number of hydrogen-bond acceptors (Lipinski definition) is 4. The van der Waals surface area contributed by atoms with E-state index in [1.54, 1.807) is 4.31 Å². The average molecular weight is 362 g/mol. The maximum Gasteiger partial charge on any atom is 0.211 e. The van der Waals surface area contributed by atoms with Crippen molar-refractivity contribution in [3.8, 4) is 11.4 Å². The fraction of sp³-hybridized carbons (Fsp3) is 0.556. The van der Waals surface area contributed by atoms with E-state index in [0.29, 0.717) is 19.0 Å². The van der Waals surface area contributed by atoms with Crippen LogP contribution in [0.15, 0.2) is 30.6 Å². The summed E-state index contributed by atoms with van der Waals surface area (Å²) in [6, 6.07) is 6.14. The molecule has 3 heterocycles. The lowest BCUT2D eigenvalue weighted by Gasteiger charge is -2.31. The highest BCUT2D eigenvalue weighted by molar-refractivity contribution is 7.88. The maximum absolute atomic E-state index is 11.8. The Kier molecular flexibility index (Phi) is 5.54. The van der Waals surface area contributed by atoms with Crippen LogP contribution in [0.25, 0.3) is 11.4 Å². The summed E-state index contributed by atoms with van der Waals surface area (Å²) in [6.07, 6.45) is 8.85. The van der Waals surface area contributed by atoms with E-state index in [1.807, 2.05) is 29.2 Å². The Labute approximate surface area is 149 Å². The number of nitrogens with zero attached hydrogens (tertiary/aromatic N) is 4. The van der Waals surface area contributed by atoms with E-state index >= 15 is 0 Å². The van der Waals surface area contributed by atoms with Gasteiger partial charge in [-0.05, 0) is 55.4 Å². The Hall–Kier alpha value is -1.73. The Bertz CT molecular complexity index is 816. The predicted octanol–water partition coefficient (Wildman–Crippen LogP) is 2.57. The molecule has 0 aromatic carbocycles. The zero-order valence-electron chi connectivity index (χ0n) is 14.9. The van der Waals surface area contributed by atoms with Crippen molar-refractivity contribution in [1.29, 1.82) is 0 Å². The van der Waals surface area contributed by atoms with E-state index in [1.165, 1.54) is 11.8 Å². The fourth-order valence-electron chi connectivity index (χ4n) is 3.51. The van der Waals surface area contributed by atoms with Crippen LogP contribution in [0.2, 0.25) is 0 Å². The number of hydrogen-bond donors (Lipinski definition) is 0. The van der Waals surface area contributed by atoms with Crippen molar-refractivity contribution in [2.24, 2.45) is 5.92 Å². The van der Waals surface area contributed by atoms with Crippen molar-refractivity contribution in [3.63, 3.8) is 0 Å². The zero-order chi connectivity index (χ0) is 17.9. The summed E-state index contributed by atoms with van der Waals surface area (Å²) < 4.78 is 27.2. The first-order chi connectivity index (χ1) is 12.0. The highest BCUT2D eigenvalue weighted by atomic mass is 32.2. The summed E-state index contributed by atoms with van der Waals surface area (Å²) in [4.78, 5) is 4.50. The van der Waals surface area contributed by atoms with E-state index in [-0.39, 0.29) is 0 Å². The molecule has 1 aliphatic heterocycles. The minimum atomic E-state index is -3.10. The smallest absolute Gasteiger partial charge is 0.211 e. The molecule has 25 heavy (non-hydrogen) atoms. The third kappa shape index (κ3) is 4.46. The molecule has 7 heteroatoms. The van der Waals surface area contributed by atoms with Gasteiger partial charge in [-0.3, -0.25) is 9.67 Å². The third-order valence-corrected chi connectivity index (χ3v) is 5.98. The number of sulfonamides is 1. The lowest BCUT2D eigenvalue weighted by molar-refractivity contribution is 0.267. The van der Waals surface area contributed by atoms with E-state index in [4.69, 9.17) is 0 Å². The second kappa shape index (κ2) is 7.66. The summed E-state index contributed by atoms with van der Waals surface area (Å²) in [6.45, 7) is 4.27. The van der Waals surface area contributed by atoms with Gasteiger partial charge in [0.15, 0.2) is 0 Å². The van der Waals surface area contributed by atoms with Crippen LogP contribution < -0.4 is 0 Å². The van der Waals surface area contributed by atoms with E-state index in [2.05, 4.69) is 23.1 Å². The minimum Gasteiger partial charge on any atom is -0.263 e. The Balaban J connectivity index is 1.75. The number of pyridine rings is 1. The lowest BCUT2D eigenvalue weighted by Crippen LogP contribution is -2.39. The van der Waals surface area contributed by atoms with Crippen LogP contribution in [0.1, 0.15) is 31.7 Å². The van der Waals surface area contributed by atoms with Gasteiger partial charge in [0.05, 0.1) is 17.6 Å². The molecule has 136 valence electrons. The van der Waals surface area contributed by atoms with Crippen molar-refractivity contribution in [3.05, 3.63) is 36.2 Å². The molecule has 0 aliphatic carbocycles. The standard InChI is InChI=1S/C18H26N4O2S/c1-3-10-22-18(7-9-20-22)17-13-15(6-8-19-17)12-16-5-4-11-21(14-16)25(2,23)24/h6-9,13,16H,3-5,10-12,14H2,1-2H3/t16-/m0/s1. The van der Waals surface area contributed by atoms with Crippen molar-refractivity contribution in [2.45, 2.75) is 39.2 Å². The molecule has 1 aliphatic rings. The second-order valence-corrected chi connectivity index (χ2v) is 8.80. The van der Waals surface area contributed by atoms with Crippen LogP contribution in [-0.4, -0.2) is 46.8 Å². The highest BCUT2D eigenvalue weighted by Crippen LogP contribution is 2.24. The van der Waals surface area contributed by atoms with E-state index in [0.717, 1.165) is 43.6 Å². The topological polar surface area (TPSA) is 68.1 Å². The van der Waals surface area contributed by atoms with Crippen LogP contribution >= 0.6 is 0 Å². The van der Waals surface area contributed by atoms with Crippen molar-refractivity contribution < 1.29 is 8.42 Å². The van der Waals surface area contributed by atoms with Crippen LogP contribution in [0.4, 0.5) is 0 Å². The predicted molar refractivity (Wildman–Crippen MR) is 98.6 cm³/mol. The number of aromatic nitrogens is 3. The number of rotatable bonds is 6. The number of aryl methyl sites for hydroxylation is 1. The Morgan fingerprint density at radius 1 is 1.28 bits per heavy atom. The van der Waals surface area contributed by atoms with Gasteiger partial charge in [-0.1, -0.05) is 6.92 Å². The quantitative estimate of drug-likeness (QED) is 0.792. The van der Waals surface area contributed by atoms with Gasteiger partial charge in [0, 0.05) is 32.0 Å². The summed E-state index contributed by atoms with van der Waals surface area (Å²) >= 11 is 0. The molecule has 2 aromatic rings. The minimum absolute atomic E-state index is 0.360. The van der Waals surface area contributed by atoms with E-state index in [9.17, 15) is 8.42 Å². The molecule has 3 rings (SSSR count). The monoisotopic (exact) mass is 362 g/mol. The molecule has 0 amide bonds. The molecule has 0 unspecified atom stereocenters. The molecule has 0 N–H and O–H groups in total. The van der Waals surface area contributed by atoms with Crippen molar-refractivity contribution in [1.82, 2.24) is 19.1 Å². The van der Waals surface area contributed by atoms with Gasteiger partial charge in [0.25, 0.3) is 0 Å². The first kappa shape index (κ1) is 18.1. The summed E-state index contributed by atoms with van der Waals surface area (Å²) in [5.41, 5.74) is 3.17. The van der Waals surface area contributed by atoms with Crippen LogP contribution in [-0.2, 0) is 23.0 Å². The molecule has 0 saturated carbocycles. The molecule has 0 bridgehead atoms. The first-order valence-corrected chi connectivity index (χ1v) is 10.7. The van der Waals surface area contributed by atoms with Gasteiger partial charge in [0.1, 0.15) is 0 Å². The SMILES string of the molecule is CCCn1nccc1-c1cc(C[C@@H]2CCCN(S(C)(=O)=O)C2)ccn1.